The highest BCUT2D eigenvalue weighted by Gasteiger charge is 2.14. The molecular formula is C10H10F2N2. The highest BCUT2D eigenvalue weighted by molar-refractivity contribution is 5.27. The molecule has 0 amide bonds. The normalized spacial score (nSPS) is 10.3. The third kappa shape index (κ3) is 2.05. The minimum atomic E-state index is -1.15. The van der Waals surface area contributed by atoms with Crippen LogP contribution in [0.1, 0.15) is 25.1 Å². The van der Waals surface area contributed by atoms with Gasteiger partial charge < -0.3 is 0 Å². The maximum absolute atomic E-state index is 13.2. The van der Waals surface area contributed by atoms with Crippen LogP contribution in [-0.2, 0) is 6.42 Å². The maximum Gasteiger partial charge on any atom is 0.195 e. The second kappa shape index (κ2) is 4.14. The molecule has 74 valence electrons. The lowest BCUT2D eigenvalue weighted by Gasteiger charge is -2.06. The van der Waals surface area contributed by atoms with Gasteiger partial charge in [0.05, 0.1) is 0 Å². The van der Waals surface area contributed by atoms with Crippen molar-refractivity contribution in [1.29, 1.82) is 5.26 Å². The van der Waals surface area contributed by atoms with Gasteiger partial charge in [0.25, 0.3) is 0 Å². The number of nitrogens with zero attached hydrogens (tertiary/aromatic N) is 2. The Labute approximate surface area is 81.2 Å². The van der Waals surface area contributed by atoms with Crippen LogP contribution in [-0.4, -0.2) is 4.98 Å². The van der Waals surface area contributed by atoms with E-state index in [0.717, 1.165) is 0 Å². The van der Waals surface area contributed by atoms with Gasteiger partial charge >= 0.3 is 0 Å². The van der Waals surface area contributed by atoms with Gasteiger partial charge in [-0.15, -0.1) is 0 Å². The Bertz CT molecular complexity index is 380. The van der Waals surface area contributed by atoms with Gasteiger partial charge in [0.2, 0.25) is 0 Å². The third-order valence-corrected chi connectivity index (χ3v) is 1.77. The van der Waals surface area contributed by atoms with Crippen molar-refractivity contribution in [1.82, 2.24) is 4.98 Å². The number of aromatic nitrogens is 1. The van der Waals surface area contributed by atoms with Gasteiger partial charge in [-0.25, -0.2) is 13.8 Å². The third-order valence-electron chi connectivity index (χ3n) is 1.77. The fourth-order valence-corrected chi connectivity index (χ4v) is 1.16. The SMILES string of the molecule is CC(C)Cc1cnc(C#N)c(F)c1F. The number of halogens is 2. The molecule has 0 aliphatic rings. The van der Waals surface area contributed by atoms with Crippen LogP contribution in [0, 0.1) is 28.9 Å². The van der Waals surface area contributed by atoms with Gasteiger partial charge in [-0.05, 0) is 12.3 Å². The first-order valence-electron chi connectivity index (χ1n) is 4.29. The molecule has 1 rings (SSSR count). The van der Waals surface area contributed by atoms with Gasteiger partial charge in [0, 0.05) is 11.8 Å². The number of pyridine rings is 1. The second-order valence-electron chi connectivity index (χ2n) is 3.47. The molecule has 4 heteroatoms. The van der Waals surface area contributed by atoms with Crippen molar-refractivity contribution in [3.05, 3.63) is 29.1 Å². The Hall–Kier alpha value is -1.50. The van der Waals surface area contributed by atoms with Crippen LogP contribution in [0.3, 0.4) is 0 Å². The summed E-state index contributed by atoms with van der Waals surface area (Å²) in [5.74, 6) is -1.88. The molecule has 0 aliphatic heterocycles. The Morgan fingerprint density at radius 3 is 2.57 bits per heavy atom. The molecule has 0 bridgehead atoms. The molecule has 2 nitrogen and oxygen atoms in total. The zero-order valence-corrected chi connectivity index (χ0v) is 8.01. The Balaban J connectivity index is 3.12. The second-order valence-corrected chi connectivity index (χ2v) is 3.47. The molecule has 0 unspecified atom stereocenters. The van der Waals surface area contributed by atoms with Crippen molar-refractivity contribution in [2.45, 2.75) is 20.3 Å². The number of rotatable bonds is 2. The molecule has 0 N–H and O–H groups in total. The molecule has 0 aromatic carbocycles. The summed E-state index contributed by atoms with van der Waals surface area (Å²) in [4.78, 5) is 3.53. The van der Waals surface area contributed by atoms with Crippen molar-refractivity contribution in [3.63, 3.8) is 0 Å². The molecule has 0 fully saturated rings. The van der Waals surface area contributed by atoms with Gasteiger partial charge in [0.15, 0.2) is 17.3 Å². The van der Waals surface area contributed by atoms with Crippen molar-refractivity contribution in [2.24, 2.45) is 5.92 Å². The quantitative estimate of drug-likeness (QED) is 0.728. The maximum atomic E-state index is 13.2. The summed E-state index contributed by atoms with van der Waals surface area (Å²) in [5, 5.41) is 8.40. The van der Waals surface area contributed by atoms with E-state index in [0.29, 0.717) is 6.42 Å². The minimum absolute atomic E-state index is 0.219. The monoisotopic (exact) mass is 196 g/mol. The molecule has 0 saturated heterocycles. The molecule has 1 aromatic rings. The molecular weight excluding hydrogens is 186 g/mol. The molecule has 0 saturated carbocycles. The lowest BCUT2D eigenvalue weighted by atomic mass is 10.0. The van der Waals surface area contributed by atoms with Gasteiger partial charge in [0.1, 0.15) is 6.07 Å². The lowest BCUT2D eigenvalue weighted by Crippen LogP contribution is -2.03. The van der Waals surface area contributed by atoms with E-state index in [2.05, 4.69) is 4.98 Å². The average Bonchev–Trinajstić information content (AvgIpc) is 2.13. The molecule has 0 atom stereocenters. The summed E-state index contributed by atoms with van der Waals surface area (Å²) in [6.45, 7) is 3.80. The van der Waals surface area contributed by atoms with E-state index in [1.54, 1.807) is 0 Å². The summed E-state index contributed by atoms with van der Waals surface area (Å²) in [6.07, 6.45) is 1.64. The average molecular weight is 196 g/mol. The van der Waals surface area contributed by atoms with Crippen LogP contribution in [0.5, 0.6) is 0 Å². The van der Waals surface area contributed by atoms with E-state index in [1.165, 1.54) is 12.3 Å². The smallest absolute Gasteiger partial charge is 0.195 e. The Morgan fingerprint density at radius 2 is 2.07 bits per heavy atom. The van der Waals surface area contributed by atoms with E-state index < -0.39 is 17.3 Å². The summed E-state index contributed by atoms with van der Waals surface area (Å²) < 4.78 is 26.3. The molecule has 14 heavy (non-hydrogen) atoms. The Kier molecular flexibility index (Phi) is 3.13. The fraction of sp³-hybridized carbons (Fsp3) is 0.400. The van der Waals surface area contributed by atoms with Crippen molar-refractivity contribution < 1.29 is 8.78 Å². The summed E-state index contributed by atoms with van der Waals surface area (Å²) in [5.41, 5.74) is -0.272. The van der Waals surface area contributed by atoms with Crippen LogP contribution in [0.25, 0.3) is 0 Å². The highest BCUT2D eigenvalue weighted by Crippen LogP contribution is 2.16. The largest absolute Gasteiger partial charge is 0.242 e. The summed E-state index contributed by atoms with van der Waals surface area (Å²) in [6, 6.07) is 1.49. The van der Waals surface area contributed by atoms with Crippen LogP contribution in [0.2, 0.25) is 0 Å². The number of hydrogen-bond acceptors (Lipinski definition) is 2. The van der Waals surface area contributed by atoms with Crippen LogP contribution in [0.4, 0.5) is 8.78 Å². The van der Waals surface area contributed by atoms with Gasteiger partial charge in [-0.3, -0.25) is 0 Å². The molecule has 1 heterocycles. The molecule has 1 aromatic heterocycles. The highest BCUT2D eigenvalue weighted by atomic mass is 19.2. The predicted octanol–water partition coefficient (Wildman–Crippen LogP) is 2.43. The number of nitriles is 1. The van der Waals surface area contributed by atoms with Gasteiger partial charge in [-0.1, -0.05) is 13.8 Å². The van der Waals surface area contributed by atoms with Crippen LogP contribution >= 0.6 is 0 Å². The fourth-order valence-electron chi connectivity index (χ4n) is 1.16. The van der Waals surface area contributed by atoms with Crippen molar-refractivity contribution in [3.8, 4) is 6.07 Å². The Morgan fingerprint density at radius 1 is 1.43 bits per heavy atom. The van der Waals surface area contributed by atoms with Crippen molar-refractivity contribution >= 4 is 0 Å². The minimum Gasteiger partial charge on any atom is -0.242 e. The lowest BCUT2D eigenvalue weighted by molar-refractivity contribution is 0.481. The van der Waals surface area contributed by atoms with Gasteiger partial charge in [-0.2, -0.15) is 5.26 Å². The first kappa shape index (κ1) is 10.6. The molecule has 0 radical (unpaired) electrons. The van der Waals surface area contributed by atoms with Crippen LogP contribution in [0.15, 0.2) is 6.20 Å². The molecule has 0 spiro atoms. The van der Waals surface area contributed by atoms with E-state index in [1.807, 2.05) is 13.8 Å². The summed E-state index contributed by atoms with van der Waals surface area (Å²) in [7, 11) is 0. The van der Waals surface area contributed by atoms with Crippen molar-refractivity contribution in [2.75, 3.05) is 0 Å². The topological polar surface area (TPSA) is 36.7 Å². The summed E-state index contributed by atoms with van der Waals surface area (Å²) >= 11 is 0. The van der Waals surface area contributed by atoms with E-state index in [-0.39, 0.29) is 11.5 Å². The first-order chi connectivity index (χ1) is 6.56. The first-order valence-corrected chi connectivity index (χ1v) is 4.29. The molecule has 0 aliphatic carbocycles. The van der Waals surface area contributed by atoms with Crippen LogP contribution < -0.4 is 0 Å². The zero-order chi connectivity index (χ0) is 10.7. The van der Waals surface area contributed by atoms with E-state index in [4.69, 9.17) is 5.26 Å². The predicted molar refractivity (Wildman–Crippen MR) is 47.4 cm³/mol. The van der Waals surface area contributed by atoms with E-state index in [9.17, 15) is 8.78 Å². The number of hydrogen-bond donors (Lipinski definition) is 0. The standard InChI is InChI=1S/C10H10F2N2/c1-6(2)3-7-5-14-8(4-13)10(12)9(7)11/h5-6H,3H2,1-2H3. The van der Waals surface area contributed by atoms with E-state index >= 15 is 0 Å². The zero-order valence-electron chi connectivity index (χ0n) is 8.01.